The lowest BCUT2D eigenvalue weighted by atomic mass is 9.84. The third-order valence-corrected chi connectivity index (χ3v) is 7.22. The molecule has 9 heteroatoms. The predicted octanol–water partition coefficient (Wildman–Crippen LogP) is 6.31. The van der Waals surface area contributed by atoms with Crippen LogP contribution in [0.1, 0.15) is 50.4 Å². The smallest absolute Gasteiger partial charge is 0.251 e. The summed E-state index contributed by atoms with van der Waals surface area (Å²) in [5.74, 6) is 0.0456. The molecule has 2 aliphatic rings. The average Bonchev–Trinajstić information content (AvgIpc) is 3.54. The summed E-state index contributed by atoms with van der Waals surface area (Å²) in [7, 11) is 1.54. The van der Waals surface area contributed by atoms with Gasteiger partial charge in [-0.05, 0) is 81.9 Å². The van der Waals surface area contributed by atoms with Crippen LogP contribution in [0, 0.1) is 16.8 Å². The van der Waals surface area contributed by atoms with Crippen molar-refractivity contribution in [2.24, 2.45) is 5.22 Å². The molecule has 0 aliphatic carbocycles. The van der Waals surface area contributed by atoms with Gasteiger partial charge in [-0.2, -0.15) is 5.53 Å². The molecule has 0 fully saturated rings. The molecule has 8 nitrogen and oxygen atoms in total. The summed E-state index contributed by atoms with van der Waals surface area (Å²) >= 11 is 0. The second-order valence-corrected chi connectivity index (χ2v) is 9.34. The molecule has 0 spiro atoms. The van der Waals surface area contributed by atoms with E-state index in [1.807, 2.05) is 18.2 Å². The zero-order valence-corrected chi connectivity index (χ0v) is 20.9. The number of carbonyl (C=O) groups is 1. The number of halogens is 1. The molecule has 3 N–H and O–H groups in total. The van der Waals surface area contributed by atoms with Crippen LogP contribution in [0.25, 0.3) is 11.1 Å². The minimum atomic E-state index is -0.280. The van der Waals surface area contributed by atoms with Crippen molar-refractivity contribution in [2.45, 2.75) is 18.8 Å². The number of rotatable bonds is 8. The van der Waals surface area contributed by atoms with Crippen LogP contribution in [0.3, 0.4) is 0 Å². The standard InChI is InChI=1S/C30H24FN5O3/c1-38-22-8-11-27(36(16-32)35-33)20(12-22)15-34-30(37)19-5-10-24-26(14-19)29-25-13-18(4-9-23(25)28(24)39-29)17-2-6-21(31)7-3-17/h2-14,16,28-29,32-33H,15H2,1H3,(H,34,37). The molecule has 4 aromatic rings. The Morgan fingerprint density at radius 1 is 0.974 bits per heavy atom. The number of hydrogen-bond acceptors (Lipinski definition) is 6. The summed E-state index contributed by atoms with van der Waals surface area (Å²) in [6.07, 6.45) is 0.465. The number of nitrogens with zero attached hydrogens (tertiary/aromatic N) is 2. The van der Waals surface area contributed by atoms with Gasteiger partial charge in [0.05, 0.1) is 12.8 Å². The lowest BCUT2D eigenvalue weighted by Crippen LogP contribution is -2.25. The Morgan fingerprint density at radius 2 is 1.67 bits per heavy atom. The van der Waals surface area contributed by atoms with Crippen LogP contribution in [0.4, 0.5) is 10.1 Å². The molecule has 2 bridgehead atoms. The molecule has 0 radical (unpaired) electrons. The SMILES string of the molecule is COc1ccc(N(C=N)N=N)c(CNC(=O)c2ccc3c(c2)C2OC3c3ccc(-c4ccc(F)cc4)cc32)c1. The van der Waals surface area contributed by atoms with Gasteiger partial charge in [-0.25, -0.2) is 9.40 Å². The zero-order valence-electron chi connectivity index (χ0n) is 20.9. The summed E-state index contributed by atoms with van der Waals surface area (Å²) in [4.78, 5) is 13.2. The number of ether oxygens (including phenoxy) is 2. The van der Waals surface area contributed by atoms with Crippen molar-refractivity contribution in [3.63, 3.8) is 0 Å². The molecule has 2 aliphatic heterocycles. The normalized spacial score (nSPS) is 16.3. The van der Waals surface area contributed by atoms with Crippen LogP contribution in [0.5, 0.6) is 5.75 Å². The van der Waals surface area contributed by atoms with Crippen LogP contribution in [0.15, 0.2) is 84.1 Å². The van der Waals surface area contributed by atoms with Gasteiger partial charge in [0.25, 0.3) is 5.91 Å². The molecule has 6 rings (SSSR count). The second kappa shape index (κ2) is 9.77. The number of nitrogens with one attached hydrogen (secondary N) is 3. The first-order valence-electron chi connectivity index (χ1n) is 12.3. The van der Waals surface area contributed by atoms with Crippen molar-refractivity contribution in [3.05, 3.63) is 118 Å². The Labute approximate surface area is 224 Å². The largest absolute Gasteiger partial charge is 0.497 e. The van der Waals surface area contributed by atoms with E-state index < -0.39 is 0 Å². The van der Waals surface area contributed by atoms with Crippen LogP contribution < -0.4 is 15.1 Å². The molecule has 0 saturated carbocycles. The average molecular weight is 522 g/mol. The van der Waals surface area contributed by atoms with Crippen LogP contribution in [0.2, 0.25) is 0 Å². The van der Waals surface area contributed by atoms with Gasteiger partial charge in [-0.15, -0.1) is 0 Å². The van der Waals surface area contributed by atoms with Gasteiger partial charge in [0.15, 0.2) is 0 Å². The lowest BCUT2D eigenvalue weighted by molar-refractivity contribution is 0.0857. The summed E-state index contributed by atoms with van der Waals surface area (Å²) in [6, 6.07) is 23.3. The summed E-state index contributed by atoms with van der Waals surface area (Å²) in [6.45, 7) is 0.148. The highest BCUT2D eigenvalue weighted by Gasteiger charge is 2.43. The molecule has 194 valence electrons. The van der Waals surface area contributed by atoms with Gasteiger partial charge in [0.2, 0.25) is 0 Å². The van der Waals surface area contributed by atoms with E-state index in [-0.39, 0.29) is 30.5 Å². The van der Waals surface area contributed by atoms with Gasteiger partial charge < -0.3 is 14.8 Å². The van der Waals surface area contributed by atoms with Gasteiger partial charge in [0.1, 0.15) is 30.1 Å². The summed E-state index contributed by atoms with van der Waals surface area (Å²) in [5.41, 5.74) is 15.0. The topological polar surface area (TPSA) is 111 Å². The molecule has 2 heterocycles. The third-order valence-electron chi connectivity index (χ3n) is 7.22. The maximum atomic E-state index is 13.4. The second-order valence-electron chi connectivity index (χ2n) is 9.34. The molecule has 39 heavy (non-hydrogen) atoms. The monoisotopic (exact) mass is 521 g/mol. The fraction of sp³-hybridized carbons (Fsp3) is 0.133. The van der Waals surface area contributed by atoms with E-state index in [2.05, 4.69) is 22.7 Å². The third kappa shape index (κ3) is 4.22. The molecule has 0 saturated heterocycles. The van der Waals surface area contributed by atoms with E-state index in [0.717, 1.165) is 44.7 Å². The molecule has 2 unspecified atom stereocenters. The van der Waals surface area contributed by atoms with Gasteiger partial charge in [-0.3, -0.25) is 10.2 Å². The Bertz CT molecular complexity index is 1610. The molecule has 4 aromatic carbocycles. The van der Waals surface area contributed by atoms with E-state index >= 15 is 0 Å². The fourth-order valence-electron chi connectivity index (χ4n) is 5.29. The highest BCUT2D eigenvalue weighted by Crippen LogP contribution is 2.54. The predicted molar refractivity (Wildman–Crippen MR) is 144 cm³/mol. The zero-order chi connectivity index (χ0) is 27.1. The quantitative estimate of drug-likeness (QED) is 0.109. The molecule has 0 aromatic heterocycles. The highest BCUT2D eigenvalue weighted by atomic mass is 19.1. The maximum Gasteiger partial charge on any atom is 0.251 e. The van der Waals surface area contributed by atoms with Crippen LogP contribution in [-0.4, -0.2) is 19.4 Å². The first-order valence-corrected chi connectivity index (χ1v) is 12.3. The Balaban J connectivity index is 1.24. The molecule has 1 amide bonds. The minimum absolute atomic E-state index is 0.148. The Hall–Kier alpha value is -4.89. The first-order chi connectivity index (χ1) is 19.0. The van der Waals surface area contributed by atoms with Crippen LogP contribution >= 0.6 is 0 Å². The number of methoxy groups -OCH3 is 1. The van der Waals surface area contributed by atoms with E-state index in [4.69, 9.17) is 20.4 Å². The van der Waals surface area contributed by atoms with E-state index in [9.17, 15) is 9.18 Å². The number of benzene rings is 4. The molecular formula is C30H24FN5O3. The number of amides is 1. The minimum Gasteiger partial charge on any atom is -0.497 e. The molecular weight excluding hydrogens is 497 g/mol. The summed E-state index contributed by atoms with van der Waals surface area (Å²) in [5, 5.41) is 14.9. The number of carbonyl (C=O) groups excluding carboxylic acids is 1. The first kappa shape index (κ1) is 24.4. The van der Waals surface area contributed by atoms with Gasteiger partial charge >= 0.3 is 0 Å². The van der Waals surface area contributed by atoms with Crippen LogP contribution in [-0.2, 0) is 11.3 Å². The lowest BCUT2D eigenvalue weighted by Gasteiger charge is -2.18. The van der Waals surface area contributed by atoms with Crippen molar-refractivity contribution < 1.29 is 18.7 Å². The highest BCUT2D eigenvalue weighted by molar-refractivity contribution is 5.95. The number of hydrogen-bond donors (Lipinski definition) is 3. The van der Waals surface area contributed by atoms with E-state index in [1.54, 1.807) is 43.5 Å². The maximum absolute atomic E-state index is 13.4. The van der Waals surface area contributed by atoms with E-state index in [0.29, 0.717) is 22.6 Å². The fourth-order valence-corrected chi connectivity index (χ4v) is 5.29. The van der Waals surface area contributed by atoms with Crippen molar-refractivity contribution in [2.75, 3.05) is 12.1 Å². The van der Waals surface area contributed by atoms with Gasteiger partial charge in [0, 0.05) is 17.7 Å². The number of anilines is 1. The summed E-state index contributed by atoms with van der Waals surface area (Å²) < 4.78 is 25.0. The Morgan fingerprint density at radius 3 is 2.38 bits per heavy atom. The van der Waals surface area contributed by atoms with Crippen molar-refractivity contribution >= 4 is 17.9 Å². The van der Waals surface area contributed by atoms with Crippen molar-refractivity contribution in [1.82, 2.24) is 5.32 Å². The van der Waals surface area contributed by atoms with Crippen molar-refractivity contribution in [1.29, 1.82) is 10.9 Å². The van der Waals surface area contributed by atoms with Gasteiger partial charge in [-0.1, -0.05) is 35.6 Å². The molecule has 2 atom stereocenters. The van der Waals surface area contributed by atoms with E-state index in [1.165, 1.54) is 12.1 Å². The number of fused-ring (bicyclic) bond motifs is 8. The van der Waals surface area contributed by atoms with Crippen molar-refractivity contribution in [3.8, 4) is 16.9 Å². The Kier molecular flexibility index (Phi) is 6.12.